The molecule has 0 aromatic heterocycles. The second kappa shape index (κ2) is 9.78. The van der Waals surface area contributed by atoms with Gasteiger partial charge in [0.1, 0.15) is 0 Å². The summed E-state index contributed by atoms with van der Waals surface area (Å²) < 4.78 is 10.1. The van der Waals surface area contributed by atoms with Gasteiger partial charge < -0.3 is 9.47 Å². The van der Waals surface area contributed by atoms with Crippen LogP contribution in [0.15, 0.2) is 0 Å². The van der Waals surface area contributed by atoms with Crippen LogP contribution < -0.4 is 0 Å². The molecule has 118 valence electrons. The van der Waals surface area contributed by atoms with Gasteiger partial charge in [-0.3, -0.25) is 9.59 Å². The van der Waals surface area contributed by atoms with Crippen molar-refractivity contribution in [3.8, 4) is 0 Å². The maximum absolute atomic E-state index is 12.2. The van der Waals surface area contributed by atoms with E-state index in [0.29, 0.717) is 25.0 Å². The van der Waals surface area contributed by atoms with Crippen molar-refractivity contribution in [3.63, 3.8) is 0 Å². The first-order chi connectivity index (χ1) is 9.33. The van der Waals surface area contributed by atoms with Crippen molar-refractivity contribution in [2.75, 3.05) is 13.2 Å². The molecule has 0 radical (unpaired) electrons. The minimum atomic E-state index is -0.406. The molecule has 0 spiro atoms. The fourth-order valence-electron chi connectivity index (χ4n) is 2.50. The van der Waals surface area contributed by atoms with E-state index in [9.17, 15) is 9.59 Å². The van der Waals surface area contributed by atoms with Crippen LogP contribution in [0, 0.1) is 23.7 Å². The molecule has 0 saturated heterocycles. The molecule has 4 heteroatoms. The molecule has 0 aromatic rings. The Morgan fingerprint density at radius 2 is 1.50 bits per heavy atom. The molecule has 20 heavy (non-hydrogen) atoms. The quantitative estimate of drug-likeness (QED) is 0.609. The molecular weight excluding hydrogens is 256 g/mol. The second-order valence-corrected chi connectivity index (χ2v) is 5.91. The third-order valence-corrected chi connectivity index (χ3v) is 3.40. The van der Waals surface area contributed by atoms with Crippen LogP contribution in [0.3, 0.4) is 0 Å². The van der Waals surface area contributed by atoms with E-state index >= 15 is 0 Å². The van der Waals surface area contributed by atoms with Gasteiger partial charge in [0, 0.05) is 0 Å². The van der Waals surface area contributed by atoms with Gasteiger partial charge >= 0.3 is 11.9 Å². The molecule has 0 aliphatic carbocycles. The molecule has 0 N–H and O–H groups in total. The normalized spacial score (nSPS) is 14.2. The second-order valence-electron chi connectivity index (χ2n) is 5.91. The van der Waals surface area contributed by atoms with Crippen molar-refractivity contribution in [1.82, 2.24) is 0 Å². The van der Waals surface area contributed by atoms with Gasteiger partial charge in [-0.1, -0.05) is 27.7 Å². The lowest BCUT2D eigenvalue weighted by Gasteiger charge is -2.29. The number of ether oxygens (including phenoxy) is 2. The average Bonchev–Trinajstić information content (AvgIpc) is 2.33. The fraction of sp³-hybridized carbons (Fsp3) is 0.875. The lowest BCUT2D eigenvalue weighted by molar-refractivity contribution is -0.157. The topological polar surface area (TPSA) is 52.6 Å². The maximum atomic E-state index is 12.2. The molecule has 0 saturated carbocycles. The van der Waals surface area contributed by atoms with E-state index < -0.39 is 5.92 Å². The molecule has 0 fully saturated rings. The van der Waals surface area contributed by atoms with Crippen LogP contribution in [0.2, 0.25) is 0 Å². The van der Waals surface area contributed by atoms with Crippen molar-refractivity contribution < 1.29 is 19.1 Å². The van der Waals surface area contributed by atoms with Gasteiger partial charge in [0.05, 0.1) is 25.6 Å². The van der Waals surface area contributed by atoms with E-state index in [1.54, 1.807) is 13.8 Å². The molecule has 0 rings (SSSR count). The number of carbonyl (C=O) groups excluding carboxylic acids is 2. The molecule has 0 heterocycles. The van der Waals surface area contributed by atoms with E-state index in [1.807, 2.05) is 0 Å². The summed E-state index contributed by atoms with van der Waals surface area (Å²) in [6.07, 6.45) is 1.02. The minimum absolute atomic E-state index is 0.113. The summed E-state index contributed by atoms with van der Waals surface area (Å²) in [7, 11) is 0. The van der Waals surface area contributed by atoms with Gasteiger partial charge in [-0.2, -0.15) is 0 Å². The summed E-state index contributed by atoms with van der Waals surface area (Å²) in [5.41, 5.74) is 0. The Kier molecular flexibility index (Phi) is 9.26. The first-order valence-electron chi connectivity index (χ1n) is 7.65. The number of carbonyl (C=O) groups is 2. The summed E-state index contributed by atoms with van der Waals surface area (Å²) >= 11 is 0. The molecule has 2 atom stereocenters. The molecule has 0 aromatic carbocycles. The lowest BCUT2D eigenvalue weighted by atomic mass is 9.76. The summed E-state index contributed by atoms with van der Waals surface area (Å²) in [6, 6.07) is 0. The van der Waals surface area contributed by atoms with E-state index in [4.69, 9.17) is 9.47 Å². The van der Waals surface area contributed by atoms with Gasteiger partial charge in [0.15, 0.2) is 0 Å². The Morgan fingerprint density at radius 1 is 0.950 bits per heavy atom. The van der Waals surface area contributed by atoms with Crippen LogP contribution in [0.4, 0.5) is 0 Å². The fourth-order valence-corrected chi connectivity index (χ4v) is 2.50. The van der Waals surface area contributed by atoms with Crippen molar-refractivity contribution in [2.24, 2.45) is 23.7 Å². The van der Waals surface area contributed by atoms with E-state index in [-0.39, 0.29) is 24.3 Å². The highest BCUT2D eigenvalue weighted by molar-refractivity contribution is 5.80. The third-order valence-electron chi connectivity index (χ3n) is 3.40. The van der Waals surface area contributed by atoms with E-state index in [0.717, 1.165) is 6.42 Å². The van der Waals surface area contributed by atoms with Crippen molar-refractivity contribution in [2.45, 2.75) is 54.4 Å². The number of hydrogen-bond donors (Lipinski definition) is 0. The van der Waals surface area contributed by atoms with Gasteiger partial charge in [0.2, 0.25) is 0 Å². The van der Waals surface area contributed by atoms with E-state index in [1.165, 1.54) is 0 Å². The van der Waals surface area contributed by atoms with Crippen molar-refractivity contribution >= 4 is 11.9 Å². The highest BCUT2D eigenvalue weighted by Crippen LogP contribution is 2.31. The largest absolute Gasteiger partial charge is 0.466 e. The Bertz CT molecular complexity index is 297. The van der Waals surface area contributed by atoms with Gasteiger partial charge in [-0.15, -0.1) is 0 Å². The predicted octanol–water partition coefficient (Wildman–Crippen LogP) is 3.44. The number of hydrogen-bond acceptors (Lipinski definition) is 4. The van der Waals surface area contributed by atoms with Crippen LogP contribution in [-0.2, 0) is 19.1 Å². The monoisotopic (exact) mass is 286 g/mol. The molecule has 0 bridgehead atoms. The number of rotatable bonds is 9. The lowest BCUT2D eigenvalue weighted by Crippen LogP contribution is -2.32. The SMILES string of the molecule is CCOC(=O)CC(C(=O)OCC)C(CC(C)C)C(C)C. The Labute approximate surface area is 123 Å². The Morgan fingerprint density at radius 3 is 1.90 bits per heavy atom. The summed E-state index contributed by atoms with van der Waals surface area (Å²) in [4.78, 5) is 23.9. The van der Waals surface area contributed by atoms with Gasteiger partial charge in [0.25, 0.3) is 0 Å². The number of esters is 2. The minimum Gasteiger partial charge on any atom is -0.466 e. The van der Waals surface area contributed by atoms with Crippen LogP contribution in [0.1, 0.15) is 54.4 Å². The first-order valence-corrected chi connectivity index (χ1v) is 7.65. The van der Waals surface area contributed by atoms with Crippen LogP contribution in [0.5, 0.6) is 0 Å². The van der Waals surface area contributed by atoms with Crippen molar-refractivity contribution in [3.05, 3.63) is 0 Å². The third kappa shape index (κ3) is 6.92. The average molecular weight is 286 g/mol. The molecule has 2 unspecified atom stereocenters. The zero-order chi connectivity index (χ0) is 15.7. The Hall–Kier alpha value is -1.06. The zero-order valence-corrected chi connectivity index (χ0v) is 13.8. The molecule has 0 aliphatic rings. The van der Waals surface area contributed by atoms with Crippen LogP contribution in [-0.4, -0.2) is 25.2 Å². The van der Waals surface area contributed by atoms with Crippen molar-refractivity contribution in [1.29, 1.82) is 0 Å². The zero-order valence-electron chi connectivity index (χ0n) is 13.8. The summed E-state index contributed by atoms with van der Waals surface area (Å²) in [5.74, 6) is -0.0718. The highest BCUT2D eigenvalue weighted by Gasteiger charge is 2.34. The van der Waals surface area contributed by atoms with E-state index in [2.05, 4.69) is 27.7 Å². The smallest absolute Gasteiger partial charge is 0.309 e. The highest BCUT2D eigenvalue weighted by atomic mass is 16.5. The van der Waals surface area contributed by atoms with Crippen LogP contribution in [0.25, 0.3) is 0 Å². The molecular formula is C16H30O4. The molecule has 4 nitrogen and oxygen atoms in total. The standard InChI is InChI=1S/C16H30O4/c1-7-19-15(17)10-14(16(18)20-8-2)13(12(5)6)9-11(3)4/h11-14H,7-10H2,1-6H3. The summed E-state index contributed by atoms with van der Waals surface area (Å²) in [6.45, 7) is 12.7. The maximum Gasteiger partial charge on any atom is 0.309 e. The summed E-state index contributed by atoms with van der Waals surface area (Å²) in [5, 5.41) is 0. The van der Waals surface area contributed by atoms with Gasteiger partial charge in [-0.05, 0) is 38.0 Å². The Balaban J connectivity index is 5.03. The van der Waals surface area contributed by atoms with Crippen LogP contribution >= 0.6 is 0 Å². The molecule has 0 aliphatic heterocycles. The van der Waals surface area contributed by atoms with Gasteiger partial charge in [-0.25, -0.2) is 0 Å². The predicted molar refractivity (Wildman–Crippen MR) is 79.2 cm³/mol. The molecule has 0 amide bonds. The first kappa shape index (κ1) is 18.9.